The van der Waals surface area contributed by atoms with Gasteiger partial charge in [0, 0.05) is 24.8 Å². The molecule has 0 atom stereocenters. The molecule has 22 heavy (non-hydrogen) atoms. The molecule has 4 nitrogen and oxygen atoms in total. The lowest BCUT2D eigenvalue weighted by Gasteiger charge is -2.11. The van der Waals surface area contributed by atoms with Crippen LogP contribution >= 0.6 is 0 Å². The maximum absolute atomic E-state index is 12.7. The van der Waals surface area contributed by atoms with Crippen molar-refractivity contribution in [3.63, 3.8) is 0 Å². The summed E-state index contributed by atoms with van der Waals surface area (Å²) in [6, 6.07) is 6.97. The van der Waals surface area contributed by atoms with Crippen LogP contribution < -0.4 is 10.6 Å². The molecule has 1 aromatic heterocycles. The Labute approximate surface area is 126 Å². The Bertz CT molecular complexity index is 641. The first-order valence-corrected chi connectivity index (χ1v) is 6.88. The number of nitrogens with one attached hydrogen (secondary N) is 2. The number of halogens is 3. The Morgan fingerprint density at radius 2 is 1.86 bits per heavy atom. The smallest absolute Gasteiger partial charge is 0.366 e. The molecule has 118 valence electrons. The predicted molar refractivity (Wildman–Crippen MR) is 79.7 cm³/mol. The van der Waals surface area contributed by atoms with E-state index < -0.39 is 11.7 Å². The van der Waals surface area contributed by atoms with Gasteiger partial charge in [-0.3, -0.25) is 0 Å². The third-order valence-electron chi connectivity index (χ3n) is 2.92. The molecule has 2 rings (SSSR count). The van der Waals surface area contributed by atoms with Gasteiger partial charge in [-0.05, 0) is 31.5 Å². The van der Waals surface area contributed by atoms with E-state index >= 15 is 0 Å². The fourth-order valence-electron chi connectivity index (χ4n) is 1.95. The molecule has 7 heteroatoms. The minimum Gasteiger partial charge on any atom is -0.366 e. The van der Waals surface area contributed by atoms with Gasteiger partial charge in [-0.15, -0.1) is 0 Å². The summed E-state index contributed by atoms with van der Waals surface area (Å²) in [6.07, 6.45) is -4.33. The molecular formula is C15H17F3N4. The normalized spacial score (nSPS) is 11.3. The second-order valence-corrected chi connectivity index (χ2v) is 4.80. The number of benzene rings is 1. The lowest BCUT2D eigenvalue weighted by atomic mass is 10.1. The molecule has 0 spiro atoms. The number of hydrogen-bond donors (Lipinski definition) is 2. The quantitative estimate of drug-likeness (QED) is 0.881. The van der Waals surface area contributed by atoms with Gasteiger partial charge < -0.3 is 10.6 Å². The largest absolute Gasteiger partial charge is 0.416 e. The van der Waals surface area contributed by atoms with Crippen LogP contribution in [-0.4, -0.2) is 16.5 Å². The summed E-state index contributed by atoms with van der Waals surface area (Å²) < 4.78 is 38.0. The zero-order valence-corrected chi connectivity index (χ0v) is 12.3. The highest BCUT2D eigenvalue weighted by Crippen LogP contribution is 2.29. The summed E-state index contributed by atoms with van der Waals surface area (Å²) in [5.74, 6) is 1.06. The van der Waals surface area contributed by atoms with Crippen molar-refractivity contribution in [2.24, 2.45) is 0 Å². The summed E-state index contributed by atoms with van der Waals surface area (Å²) in [5.41, 5.74) is 0.660. The van der Waals surface area contributed by atoms with E-state index in [9.17, 15) is 13.2 Å². The van der Waals surface area contributed by atoms with Gasteiger partial charge in [0.05, 0.1) is 5.56 Å². The second kappa shape index (κ2) is 6.64. The van der Waals surface area contributed by atoms with Crippen molar-refractivity contribution >= 4 is 11.8 Å². The van der Waals surface area contributed by atoms with Crippen molar-refractivity contribution in [3.05, 3.63) is 47.2 Å². The van der Waals surface area contributed by atoms with Crippen LogP contribution in [0.2, 0.25) is 0 Å². The molecule has 0 aliphatic rings. The van der Waals surface area contributed by atoms with Gasteiger partial charge in [0.2, 0.25) is 5.95 Å². The SMILES string of the molecule is CCNc1nc(C)cc(NCc2cccc(C(F)(F)F)c2)n1. The summed E-state index contributed by atoms with van der Waals surface area (Å²) >= 11 is 0. The fourth-order valence-corrected chi connectivity index (χ4v) is 1.95. The molecule has 0 unspecified atom stereocenters. The van der Waals surface area contributed by atoms with E-state index in [2.05, 4.69) is 20.6 Å². The lowest BCUT2D eigenvalue weighted by Crippen LogP contribution is -2.09. The number of rotatable bonds is 5. The van der Waals surface area contributed by atoms with Crippen molar-refractivity contribution in [3.8, 4) is 0 Å². The molecule has 0 bridgehead atoms. The fraction of sp³-hybridized carbons (Fsp3) is 0.333. The molecule has 0 radical (unpaired) electrons. The minimum atomic E-state index is -4.33. The third-order valence-corrected chi connectivity index (χ3v) is 2.92. The van der Waals surface area contributed by atoms with Gasteiger partial charge in [-0.1, -0.05) is 12.1 Å². The first-order chi connectivity index (χ1) is 10.4. The van der Waals surface area contributed by atoms with E-state index in [1.165, 1.54) is 6.07 Å². The van der Waals surface area contributed by atoms with Crippen LogP contribution in [0.25, 0.3) is 0 Å². The monoisotopic (exact) mass is 310 g/mol. The molecule has 2 N–H and O–H groups in total. The molecular weight excluding hydrogens is 293 g/mol. The van der Waals surface area contributed by atoms with Gasteiger partial charge >= 0.3 is 6.18 Å². The highest BCUT2D eigenvalue weighted by atomic mass is 19.4. The standard InChI is InChI=1S/C15H17F3N4/c1-3-19-14-21-10(2)7-13(22-14)20-9-11-5-4-6-12(8-11)15(16,17)18/h4-8H,3,9H2,1-2H3,(H2,19,20,21,22). The van der Waals surface area contributed by atoms with Crippen molar-refractivity contribution in [2.45, 2.75) is 26.6 Å². The van der Waals surface area contributed by atoms with Crippen LogP contribution in [0.1, 0.15) is 23.7 Å². The zero-order chi connectivity index (χ0) is 16.2. The number of alkyl halides is 3. The van der Waals surface area contributed by atoms with E-state index in [-0.39, 0.29) is 6.54 Å². The predicted octanol–water partition coefficient (Wildman–Crippen LogP) is 3.85. The highest BCUT2D eigenvalue weighted by Gasteiger charge is 2.30. The Hall–Kier alpha value is -2.31. The molecule has 0 saturated carbocycles. The molecule has 1 heterocycles. The Morgan fingerprint density at radius 1 is 1.09 bits per heavy atom. The van der Waals surface area contributed by atoms with E-state index in [1.54, 1.807) is 12.1 Å². The molecule has 2 aromatic rings. The van der Waals surface area contributed by atoms with Gasteiger partial charge in [-0.2, -0.15) is 18.2 Å². The topological polar surface area (TPSA) is 49.8 Å². The van der Waals surface area contributed by atoms with Gasteiger partial charge in [-0.25, -0.2) is 4.98 Å². The summed E-state index contributed by atoms with van der Waals surface area (Å²) in [4.78, 5) is 8.47. The third kappa shape index (κ3) is 4.34. The van der Waals surface area contributed by atoms with E-state index in [0.29, 0.717) is 23.9 Å². The molecule has 0 saturated heterocycles. The number of nitrogens with zero attached hydrogens (tertiary/aromatic N) is 2. The first kappa shape index (κ1) is 16.1. The average Bonchev–Trinajstić information content (AvgIpc) is 2.44. The van der Waals surface area contributed by atoms with Crippen LogP contribution in [0, 0.1) is 6.92 Å². The van der Waals surface area contributed by atoms with Crippen molar-refractivity contribution in [1.29, 1.82) is 0 Å². The lowest BCUT2D eigenvalue weighted by molar-refractivity contribution is -0.137. The van der Waals surface area contributed by atoms with Crippen molar-refractivity contribution in [1.82, 2.24) is 9.97 Å². The number of hydrogen-bond acceptors (Lipinski definition) is 4. The second-order valence-electron chi connectivity index (χ2n) is 4.80. The van der Waals surface area contributed by atoms with Crippen LogP contribution in [-0.2, 0) is 12.7 Å². The van der Waals surface area contributed by atoms with Crippen LogP contribution in [0.15, 0.2) is 30.3 Å². The molecule has 1 aromatic carbocycles. The van der Waals surface area contributed by atoms with E-state index in [0.717, 1.165) is 17.8 Å². The number of aromatic nitrogens is 2. The zero-order valence-electron chi connectivity index (χ0n) is 12.3. The highest BCUT2D eigenvalue weighted by molar-refractivity contribution is 5.43. The van der Waals surface area contributed by atoms with Crippen LogP contribution in [0.5, 0.6) is 0 Å². The Kier molecular flexibility index (Phi) is 4.85. The summed E-state index contributed by atoms with van der Waals surface area (Å²) in [6.45, 7) is 4.71. The Morgan fingerprint density at radius 3 is 2.55 bits per heavy atom. The van der Waals surface area contributed by atoms with Gasteiger partial charge in [0.1, 0.15) is 5.82 Å². The van der Waals surface area contributed by atoms with Gasteiger partial charge in [0.15, 0.2) is 0 Å². The van der Waals surface area contributed by atoms with Gasteiger partial charge in [0.25, 0.3) is 0 Å². The van der Waals surface area contributed by atoms with Crippen molar-refractivity contribution < 1.29 is 13.2 Å². The van der Waals surface area contributed by atoms with Crippen molar-refractivity contribution in [2.75, 3.05) is 17.2 Å². The first-order valence-electron chi connectivity index (χ1n) is 6.88. The molecule has 0 aliphatic carbocycles. The number of anilines is 2. The van der Waals surface area contributed by atoms with E-state index in [1.807, 2.05) is 13.8 Å². The molecule has 0 amide bonds. The summed E-state index contributed by atoms with van der Waals surface area (Å²) in [5, 5.41) is 6.03. The Balaban J connectivity index is 2.10. The minimum absolute atomic E-state index is 0.256. The molecule has 0 aliphatic heterocycles. The van der Waals surface area contributed by atoms with E-state index in [4.69, 9.17) is 0 Å². The maximum Gasteiger partial charge on any atom is 0.416 e. The molecule has 0 fully saturated rings. The number of aryl methyl sites for hydroxylation is 1. The van der Waals surface area contributed by atoms with Crippen LogP contribution in [0.3, 0.4) is 0 Å². The average molecular weight is 310 g/mol. The van der Waals surface area contributed by atoms with Crippen LogP contribution in [0.4, 0.5) is 24.9 Å². The maximum atomic E-state index is 12.7. The summed E-state index contributed by atoms with van der Waals surface area (Å²) in [7, 11) is 0.